The Morgan fingerprint density at radius 2 is 2.33 bits per heavy atom. The monoisotopic (exact) mass is 203 g/mol. The number of nitrogen functional groups attached to an aromatic ring is 1. The first-order valence-corrected chi connectivity index (χ1v) is 4.47. The van der Waals surface area contributed by atoms with Crippen LogP contribution in [0.5, 0.6) is 0 Å². The van der Waals surface area contributed by atoms with Gasteiger partial charge in [0.1, 0.15) is 11.8 Å². The molecule has 0 radical (unpaired) electrons. The van der Waals surface area contributed by atoms with Crippen LogP contribution >= 0.6 is 0 Å². The second kappa shape index (κ2) is 3.88. The van der Waals surface area contributed by atoms with Crippen molar-refractivity contribution in [3.63, 3.8) is 0 Å². The number of nitriles is 1. The van der Waals surface area contributed by atoms with E-state index >= 15 is 0 Å². The van der Waals surface area contributed by atoms with Crippen molar-refractivity contribution in [2.24, 2.45) is 0 Å². The SMILES string of the molecule is N#Cc1nc(CCc2ccco2)oc1N. The number of rotatable bonds is 3. The van der Waals surface area contributed by atoms with E-state index < -0.39 is 0 Å². The van der Waals surface area contributed by atoms with Gasteiger partial charge in [0.15, 0.2) is 5.89 Å². The lowest BCUT2D eigenvalue weighted by atomic mass is 10.2. The van der Waals surface area contributed by atoms with Crippen LogP contribution in [0.3, 0.4) is 0 Å². The Bertz CT molecular complexity index is 479. The van der Waals surface area contributed by atoms with Crippen LogP contribution in [-0.4, -0.2) is 4.98 Å². The number of nitrogens with two attached hydrogens (primary N) is 1. The first-order chi connectivity index (χ1) is 7.29. The predicted octanol–water partition coefficient (Wildman–Crippen LogP) is 1.51. The lowest BCUT2D eigenvalue weighted by Crippen LogP contribution is -1.89. The Hall–Kier alpha value is -2.22. The van der Waals surface area contributed by atoms with Gasteiger partial charge < -0.3 is 14.6 Å². The summed E-state index contributed by atoms with van der Waals surface area (Å²) in [5.41, 5.74) is 5.57. The second-order valence-corrected chi connectivity index (χ2v) is 3.01. The predicted molar refractivity (Wildman–Crippen MR) is 51.7 cm³/mol. The van der Waals surface area contributed by atoms with Crippen molar-refractivity contribution in [2.75, 3.05) is 5.73 Å². The van der Waals surface area contributed by atoms with Gasteiger partial charge in [-0.2, -0.15) is 5.26 Å². The number of anilines is 1. The summed E-state index contributed by atoms with van der Waals surface area (Å²) in [4.78, 5) is 3.93. The Kier molecular flexibility index (Phi) is 2.42. The molecule has 2 rings (SSSR count). The van der Waals surface area contributed by atoms with Crippen molar-refractivity contribution in [3.05, 3.63) is 35.7 Å². The van der Waals surface area contributed by atoms with Gasteiger partial charge in [-0.25, -0.2) is 4.98 Å². The van der Waals surface area contributed by atoms with E-state index in [2.05, 4.69) is 4.98 Å². The van der Waals surface area contributed by atoms with Crippen molar-refractivity contribution in [2.45, 2.75) is 12.8 Å². The standard InChI is InChI=1S/C10H9N3O2/c11-6-8-10(12)15-9(13-8)4-3-7-2-1-5-14-7/h1-2,5H,3-4,12H2. The number of aromatic nitrogens is 1. The third-order valence-electron chi connectivity index (χ3n) is 1.97. The quantitative estimate of drug-likeness (QED) is 0.816. The highest BCUT2D eigenvalue weighted by Crippen LogP contribution is 2.14. The molecule has 2 aromatic rings. The fraction of sp³-hybridized carbons (Fsp3) is 0.200. The molecule has 0 saturated carbocycles. The number of oxazole rings is 1. The minimum absolute atomic E-state index is 0.0759. The summed E-state index contributed by atoms with van der Waals surface area (Å²) in [6.07, 6.45) is 2.86. The largest absolute Gasteiger partial charge is 0.469 e. The molecule has 5 heteroatoms. The number of hydrogen-bond acceptors (Lipinski definition) is 5. The Morgan fingerprint density at radius 3 is 2.93 bits per heavy atom. The van der Waals surface area contributed by atoms with E-state index in [1.807, 2.05) is 18.2 Å². The van der Waals surface area contributed by atoms with Crippen molar-refractivity contribution >= 4 is 5.88 Å². The maximum Gasteiger partial charge on any atom is 0.229 e. The van der Waals surface area contributed by atoms with Crippen LogP contribution < -0.4 is 5.73 Å². The molecule has 2 heterocycles. The highest BCUT2D eigenvalue weighted by Gasteiger charge is 2.09. The molecule has 0 aliphatic heterocycles. The smallest absolute Gasteiger partial charge is 0.229 e. The van der Waals surface area contributed by atoms with Gasteiger partial charge in [0.25, 0.3) is 0 Å². The van der Waals surface area contributed by atoms with Gasteiger partial charge >= 0.3 is 0 Å². The minimum atomic E-state index is 0.0759. The zero-order valence-electron chi connectivity index (χ0n) is 7.93. The Labute approximate surface area is 86.1 Å². The Morgan fingerprint density at radius 1 is 1.47 bits per heavy atom. The molecule has 0 atom stereocenters. The van der Waals surface area contributed by atoms with E-state index in [4.69, 9.17) is 19.8 Å². The summed E-state index contributed by atoms with van der Waals surface area (Å²) in [5, 5.41) is 8.61. The van der Waals surface area contributed by atoms with E-state index in [9.17, 15) is 0 Å². The highest BCUT2D eigenvalue weighted by molar-refractivity contribution is 5.40. The lowest BCUT2D eigenvalue weighted by Gasteiger charge is -1.91. The first kappa shape index (κ1) is 9.34. The van der Waals surface area contributed by atoms with Crippen LogP contribution in [0.4, 0.5) is 5.88 Å². The second-order valence-electron chi connectivity index (χ2n) is 3.01. The Balaban J connectivity index is 2.03. The summed E-state index contributed by atoms with van der Waals surface area (Å²) in [5.74, 6) is 1.39. The summed E-state index contributed by atoms with van der Waals surface area (Å²) < 4.78 is 10.3. The van der Waals surface area contributed by atoms with E-state index in [-0.39, 0.29) is 11.6 Å². The molecule has 0 aromatic carbocycles. The number of hydrogen-bond donors (Lipinski definition) is 1. The topological polar surface area (TPSA) is 89.0 Å². The number of nitrogens with zero attached hydrogens (tertiary/aromatic N) is 2. The van der Waals surface area contributed by atoms with Crippen LogP contribution in [0, 0.1) is 11.3 Å². The fourth-order valence-electron chi connectivity index (χ4n) is 1.25. The summed E-state index contributed by atoms with van der Waals surface area (Å²) in [7, 11) is 0. The van der Waals surface area contributed by atoms with Gasteiger partial charge in [0.05, 0.1) is 6.26 Å². The third kappa shape index (κ3) is 1.99. The molecule has 0 fully saturated rings. The molecular weight excluding hydrogens is 194 g/mol. The van der Waals surface area contributed by atoms with Gasteiger partial charge in [-0.15, -0.1) is 0 Å². The van der Waals surface area contributed by atoms with Crippen LogP contribution in [0.2, 0.25) is 0 Å². The van der Waals surface area contributed by atoms with E-state index in [1.165, 1.54) is 0 Å². The minimum Gasteiger partial charge on any atom is -0.469 e. The molecule has 5 nitrogen and oxygen atoms in total. The average molecular weight is 203 g/mol. The first-order valence-electron chi connectivity index (χ1n) is 4.47. The number of furan rings is 1. The maximum absolute atomic E-state index is 8.61. The zero-order valence-corrected chi connectivity index (χ0v) is 7.93. The van der Waals surface area contributed by atoms with Crippen molar-refractivity contribution in [3.8, 4) is 6.07 Å². The summed E-state index contributed by atoms with van der Waals surface area (Å²) >= 11 is 0. The molecule has 0 amide bonds. The van der Waals surface area contributed by atoms with Gasteiger partial charge in [-0.1, -0.05) is 0 Å². The van der Waals surface area contributed by atoms with Crippen LogP contribution in [-0.2, 0) is 12.8 Å². The molecule has 0 aliphatic rings. The molecule has 2 N–H and O–H groups in total. The molecule has 2 aromatic heterocycles. The van der Waals surface area contributed by atoms with Crippen LogP contribution in [0.1, 0.15) is 17.3 Å². The maximum atomic E-state index is 8.61. The van der Waals surface area contributed by atoms with Crippen molar-refractivity contribution in [1.29, 1.82) is 5.26 Å². The molecule has 76 valence electrons. The van der Waals surface area contributed by atoms with E-state index in [0.717, 1.165) is 5.76 Å². The lowest BCUT2D eigenvalue weighted by molar-refractivity contribution is 0.473. The fourth-order valence-corrected chi connectivity index (χ4v) is 1.25. The molecular formula is C10H9N3O2. The molecule has 0 bridgehead atoms. The average Bonchev–Trinajstić information content (AvgIpc) is 2.83. The molecule has 0 aliphatic carbocycles. The third-order valence-corrected chi connectivity index (χ3v) is 1.97. The van der Waals surface area contributed by atoms with Crippen LogP contribution in [0.15, 0.2) is 27.2 Å². The molecule has 0 spiro atoms. The van der Waals surface area contributed by atoms with Gasteiger partial charge in [0, 0.05) is 12.8 Å². The van der Waals surface area contributed by atoms with Gasteiger partial charge in [-0.05, 0) is 12.1 Å². The highest BCUT2D eigenvalue weighted by atomic mass is 16.4. The zero-order chi connectivity index (χ0) is 10.7. The van der Waals surface area contributed by atoms with E-state index in [0.29, 0.717) is 18.7 Å². The molecule has 0 saturated heterocycles. The summed E-state index contributed by atoms with van der Waals surface area (Å²) in [6, 6.07) is 5.55. The molecule has 15 heavy (non-hydrogen) atoms. The van der Waals surface area contributed by atoms with E-state index in [1.54, 1.807) is 6.26 Å². The van der Waals surface area contributed by atoms with Gasteiger partial charge in [-0.3, -0.25) is 0 Å². The molecule has 0 unspecified atom stereocenters. The van der Waals surface area contributed by atoms with Crippen LogP contribution in [0.25, 0.3) is 0 Å². The van der Waals surface area contributed by atoms with Crippen molar-refractivity contribution < 1.29 is 8.83 Å². The van der Waals surface area contributed by atoms with Gasteiger partial charge in [0.2, 0.25) is 11.6 Å². The summed E-state index contributed by atoms with van der Waals surface area (Å²) in [6.45, 7) is 0. The van der Waals surface area contributed by atoms with Crippen molar-refractivity contribution in [1.82, 2.24) is 4.98 Å². The normalized spacial score (nSPS) is 10.1. The number of aryl methyl sites for hydroxylation is 2.